The van der Waals surface area contributed by atoms with Crippen molar-refractivity contribution in [3.8, 4) is 0 Å². The second-order valence-electron chi connectivity index (χ2n) is 6.59. The number of methoxy groups -OCH3 is 1. The SMILES string of the molecule is COCCc1noc([C@H]2CCCCN2C(=O)Cn2cc(C)c(=O)[nH]c2=O)n1. The average Bonchev–Trinajstić information content (AvgIpc) is 3.13. The molecule has 1 atom stereocenters. The zero-order valence-corrected chi connectivity index (χ0v) is 15.4. The Bertz CT molecular complexity index is 915. The molecule has 0 aliphatic carbocycles. The van der Waals surface area contributed by atoms with E-state index in [1.807, 2.05) is 0 Å². The first-order valence-electron chi connectivity index (χ1n) is 8.91. The van der Waals surface area contributed by atoms with Crippen molar-refractivity contribution >= 4 is 5.91 Å². The number of carbonyl (C=O) groups is 1. The summed E-state index contributed by atoms with van der Waals surface area (Å²) in [5.41, 5.74) is -0.682. The van der Waals surface area contributed by atoms with Crippen molar-refractivity contribution in [1.29, 1.82) is 0 Å². The lowest BCUT2D eigenvalue weighted by atomic mass is 10.0. The Labute approximate surface area is 155 Å². The van der Waals surface area contributed by atoms with Crippen LogP contribution < -0.4 is 11.2 Å². The molecule has 1 amide bonds. The van der Waals surface area contributed by atoms with Crippen molar-refractivity contribution in [2.45, 2.75) is 45.2 Å². The monoisotopic (exact) mass is 377 g/mol. The van der Waals surface area contributed by atoms with E-state index in [4.69, 9.17) is 9.26 Å². The topological polar surface area (TPSA) is 123 Å². The molecule has 10 nitrogen and oxygen atoms in total. The van der Waals surface area contributed by atoms with Crippen LogP contribution in [0.1, 0.15) is 42.6 Å². The molecule has 27 heavy (non-hydrogen) atoms. The van der Waals surface area contributed by atoms with Crippen LogP contribution in [0, 0.1) is 6.92 Å². The maximum absolute atomic E-state index is 12.8. The highest BCUT2D eigenvalue weighted by Gasteiger charge is 2.32. The van der Waals surface area contributed by atoms with E-state index in [-0.39, 0.29) is 18.5 Å². The number of amides is 1. The van der Waals surface area contributed by atoms with Crippen molar-refractivity contribution < 1.29 is 14.1 Å². The molecular formula is C17H23N5O5. The number of likely N-dealkylation sites (tertiary alicyclic amines) is 1. The van der Waals surface area contributed by atoms with E-state index in [0.717, 1.165) is 19.3 Å². The summed E-state index contributed by atoms with van der Waals surface area (Å²) in [5, 5.41) is 3.94. The number of hydrogen-bond donors (Lipinski definition) is 1. The lowest BCUT2D eigenvalue weighted by Gasteiger charge is -2.33. The number of aromatic nitrogens is 4. The fraction of sp³-hybridized carbons (Fsp3) is 0.588. The molecule has 0 bridgehead atoms. The van der Waals surface area contributed by atoms with Crippen LogP contribution in [-0.4, -0.2) is 50.8 Å². The van der Waals surface area contributed by atoms with Crippen LogP contribution in [0.15, 0.2) is 20.3 Å². The summed E-state index contributed by atoms with van der Waals surface area (Å²) in [6, 6.07) is -0.311. The van der Waals surface area contributed by atoms with Gasteiger partial charge >= 0.3 is 5.69 Å². The third kappa shape index (κ3) is 4.33. The van der Waals surface area contributed by atoms with Gasteiger partial charge in [0.15, 0.2) is 5.82 Å². The standard InChI is InChI=1S/C17H23N5O5/c1-11-9-21(17(25)19-15(11)24)10-14(23)22-7-4-3-5-12(22)16-18-13(20-27-16)6-8-26-2/h9,12H,3-8,10H2,1-2H3,(H,19,24,25)/t12-/m1/s1. The van der Waals surface area contributed by atoms with E-state index in [0.29, 0.717) is 36.9 Å². The number of ether oxygens (including phenoxy) is 1. The second-order valence-corrected chi connectivity index (χ2v) is 6.59. The zero-order chi connectivity index (χ0) is 19.4. The molecule has 1 fully saturated rings. The smallest absolute Gasteiger partial charge is 0.328 e. The third-order valence-corrected chi connectivity index (χ3v) is 4.62. The van der Waals surface area contributed by atoms with Crippen molar-refractivity contribution in [3.05, 3.63) is 44.3 Å². The third-order valence-electron chi connectivity index (χ3n) is 4.62. The number of hydrogen-bond acceptors (Lipinski definition) is 7. The summed E-state index contributed by atoms with van der Waals surface area (Å²) in [6.07, 6.45) is 4.46. The molecule has 1 N–H and O–H groups in total. The molecule has 0 saturated carbocycles. The van der Waals surface area contributed by atoms with Gasteiger partial charge in [-0.1, -0.05) is 5.16 Å². The van der Waals surface area contributed by atoms with Crippen molar-refractivity contribution in [1.82, 2.24) is 24.6 Å². The number of piperidine rings is 1. The van der Waals surface area contributed by atoms with Crippen LogP contribution in [0.5, 0.6) is 0 Å². The van der Waals surface area contributed by atoms with Gasteiger partial charge in [-0.05, 0) is 26.2 Å². The molecule has 1 aliphatic rings. The largest absolute Gasteiger partial charge is 0.384 e. The number of nitrogens with zero attached hydrogens (tertiary/aromatic N) is 4. The fourth-order valence-corrected chi connectivity index (χ4v) is 3.16. The first-order valence-corrected chi connectivity index (χ1v) is 8.91. The zero-order valence-electron chi connectivity index (χ0n) is 15.4. The average molecular weight is 377 g/mol. The Hall–Kier alpha value is -2.75. The summed E-state index contributed by atoms with van der Waals surface area (Å²) < 4.78 is 11.6. The highest BCUT2D eigenvalue weighted by molar-refractivity contribution is 5.76. The molecule has 0 aromatic carbocycles. The van der Waals surface area contributed by atoms with Crippen LogP contribution in [-0.2, 0) is 22.5 Å². The van der Waals surface area contributed by atoms with Crippen LogP contribution in [0.25, 0.3) is 0 Å². The van der Waals surface area contributed by atoms with Gasteiger partial charge in [-0.3, -0.25) is 19.1 Å². The predicted molar refractivity (Wildman–Crippen MR) is 94.2 cm³/mol. The minimum atomic E-state index is -0.604. The number of nitrogens with one attached hydrogen (secondary N) is 1. The molecule has 0 unspecified atom stereocenters. The number of rotatable bonds is 6. The summed E-state index contributed by atoms with van der Waals surface area (Å²) in [5.74, 6) is 0.710. The van der Waals surface area contributed by atoms with Crippen molar-refractivity contribution in [3.63, 3.8) is 0 Å². The molecule has 0 radical (unpaired) electrons. The Morgan fingerprint density at radius 1 is 1.41 bits per heavy atom. The Morgan fingerprint density at radius 3 is 3.00 bits per heavy atom. The van der Waals surface area contributed by atoms with Crippen LogP contribution >= 0.6 is 0 Å². The highest BCUT2D eigenvalue weighted by Crippen LogP contribution is 2.30. The van der Waals surface area contributed by atoms with Crippen molar-refractivity contribution in [2.24, 2.45) is 0 Å². The molecule has 3 rings (SSSR count). The highest BCUT2D eigenvalue weighted by atomic mass is 16.5. The minimum Gasteiger partial charge on any atom is -0.384 e. The van der Waals surface area contributed by atoms with Gasteiger partial charge in [0.25, 0.3) is 5.56 Å². The molecule has 146 valence electrons. The van der Waals surface area contributed by atoms with Gasteiger partial charge < -0.3 is 14.2 Å². The van der Waals surface area contributed by atoms with E-state index in [2.05, 4.69) is 15.1 Å². The van der Waals surface area contributed by atoms with Crippen LogP contribution in [0.3, 0.4) is 0 Å². The predicted octanol–water partition coefficient (Wildman–Crippen LogP) is 0.171. The first kappa shape index (κ1) is 19.0. The Balaban J connectivity index is 1.77. The molecule has 2 aromatic rings. The quantitative estimate of drug-likeness (QED) is 0.761. The number of aromatic amines is 1. The number of aryl methyl sites for hydroxylation is 1. The minimum absolute atomic E-state index is 0.155. The van der Waals surface area contributed by atoms with Crippen LogP contribution in [0.2, 0.25) is 0 Å². The lowest BCUT2D eigenvalue weighted by molar-refractivity contribution is -0.136. The normalized spacial score (nSPS) is 17.3. The molecule has 2 aromatic heterocycles. The molecular weight excluding hydrogens is 354 g/mol. The molecule has 0 spiro atoms. The van der Waals surface area contributed by atoms with Gasteiger partial charge in [-0.2, -0.15) is 4.98 Å². The Morgan fingerprint density at radius 2 is 2.22 bits per heavy atom. The molecule has 1 saturated heterocycles. The van der Waals surface area contributed by atoms with Crippen molar-refractivity contribution in [2.75, 3.05) is 20.3 Å². The molecule has 1 aliphatic heterocycles. The van der Waals surface area contributed by atoms with E-state index in [9.17, 15) is 14.4 Å². The van der Waals surface area contributed by atoms with E-state index in [1.54, 1.807) is 18.9 Å². The van der Waals surface area contributed by atoms with E-state index < -0.39 is 11.2 Å². The number of carbonyl (C=O) groups excluding carboxylic acids is 1. The maximum atomic E-state index is 12.8. The van der Waals surface area contributed by atoms with Gasteiger partial charge in [0.05, 0.1) is 6.61 Å². The Kier molecular flexibility index (Phi) is 5.84. The molecule has 10 heteroatoms. The van der Waals surface area contributed by atoms with Gasteiger partial charge in [-0.15, -0.1) is 0 Å². The summed E-state index contributed by atoms with van der Waals surface area (Å²) in [6.45, 7) is 2.47. The number of H-pyrrole nitrogens is 1. The van der Waals surface area contributed by atoms with Crippen LogP contribution in [0.4, 0.5) is 0 Å². The van der Waals surface area contributed by atoms with Gasteiger partial charge in [-0.25, -0.2) is 4.79 Å². The fourth-order valence-electron chi connectivity index (χ4n) is 3.16. The summed E-state index contributed by atoms with van der Waals surface area (Å²) in [7, 11) is 1.60. The summed E-state index contributed by atoms with van der Waals surface area (Å²) >= 11 is 0. The lowest BCUT2D eigenvalue weighted by Crippen LogP contribution is -2.42. The second kappa shape index (κ2) is 8.30. The molecule has 3 heterocycles. The maximum Gasteiger partial charge on any atom is 0.328 e. The van der Waals surface area contributed by atoms with Gasteiger partial charge in [0.1, 0.15) is 12.6 Å². The first-order chi connectivity index (χ1) is 13.0. The summed E-state index contributed by atoms with van der Waals surface area (Å²) in [4.78, 5) is 44.6. The van der Waals surface area contributed by atoms with E-state index in [1.165, 1.54) is 10.8 Å². The van der Waals surface area contributed by atoms with Gasteiger partial charge in [0, 0.05) is 31.8 Å². The van der Waals surface area contributed by atoms with Gasteiger partial charge in [0.2, 0.25) is 11.8 Å². The van der Waals surface area contributed by atoms with E-state index >= 15 is 0 Å².